The number of nitrogens with zero attached hydrogens (tertiary/aromatic N) is 1. The predicted octanol–water partition coefficient (Wildman–Crippen LogP) is 2.90. The molecule has 1 saturated heterocycles. The van der Waals surface area contributed by atoms with Gasteiger partial charge in [0.2, 0.25) is 0 Å². The molecule has 2 rings (SSSR count). The van der Waals surface area contributed by atoms with E-state index in [0.29, 0.717) is 0 Å². The summed E-state index contributed by atoms with van der Waals surface area (Å²) in [5.41, 5.74) is 1.44. The summed E-state index contributed by atoms with van der Waals surface area (Å²) in [5.74, 6) is 0.842. The standard InChI is InChI=1S/C16H26N2/c1-2-11-18(13-15-7-4-3-5-8-15)14-16-9-6-10-17-12-16/h3-5,7-8,16-17H,2,6,9-14H2,1H3/t16-/m1/s1. The van der Waals surface area contributed by atoms with Crippen LogP contribution in [0.1, 0.15) is 31.7 Å². The first kappa shape index (κ1) is 13.6. The first-order valence-corrected chi connectivity index (χ1v) is 7.35. The Bertz CT molecular complexity index is 317. The number of hydrogen-bond acceptors (Lipinski definition) is 2. The van der Waals surface area contributed by atoms with Gasteiger partial charge in [-0.15, -0.1) is 0 Å². The molecular formula is C16H26N2. The van der Waals surface area contributed by atoms with E-state index in [-0.39, 0.29) is 0 Å². The Morgan fingerprint density at radius 3 is 2.78 bits per heavy atom. The highest BCUT2D eigenvalue weighted by Gasteiger charge is 2.16. The summed E-state index contributed by atoms with van der Waals surface area (Å²) in [6, 6.07) is 10.9. The van der Waals surface area contributed by atoms with Crippen LogP contribution in [0.15, 0.2) is 30.3 Å². The molecule has 2 heteroatoms. The summed E-state index contributed by atoms with van der Waals surface area (Å²) >= 11 is 0. The highest BCUT2D eigenvalue weighted by atomic mass is 15.1. The van der Waals surface area contributed by atoms with Crippen molar-refractivity contribution < 1.29 is 0 Å². The Balaban J connectivity index is 1.86. The molecule has 1 fully saturated rings. The summed E-state index contributed by atoms with van der Waals surface area (Å²) in [6.07, 6.45) is 3.98. The minimum absolute atomic E-state index is 0.842. The van der Waals surface area contributed by atoms with Crippen molar-refractivity contribution in [1.82, 2.24) is 10.2 Å². The Morgan fingerprint density at radius 2 is 2.11 bits per heavy atom. The number of hydrogen-bond donors (Lipinski definition) is 1. The maximum atomic E-state index is 3.52. The molecule has 1 aromatic carbocycles. The Hall–Kier alpha value is -0.860. The van der Waals surface area contributed by atoms with Crippen LogP contribution in [0.4, 0.5) is 0 Å². The van der Waals surface area contributed by atoms with Crippen LogP contribution in [0.25, 0.3) is 0 Å². The van der Waals surface area contributed by atoms with Gasteiger partial charge in [0.25, 0.3) is 0 Å². The van der Waals surface area contributed by atoms with Crippen molar-refractivity contribution in [2.24, 2.45) is 5.92 Å². The summed E-state index contributed by atoms with van der Waals surface area (Å²) in [4.78, 5) is 2.62. The molecule has 0 radical (unpaired) electrons. The quantitative estimate of drug-likeness (QED) is 0.830. The molecule has 1 aliphatic rings. The van der Waals surface area contributed by atoms with Crippen LogP contribution in [0.2, 0.25) is 0 Å². The van der Waals surface area contributed by atoms with Crippen LogP contribution in [0.5, 0.6) is 0 Å². The van der Waals surface area contributed by atoms with Crippen molar-refractivity contribution in [2.75, 3.05) is 26.2 Å². The summed E-state index contributed by atoms with van der Waals surface area (Å²) in [7, 11) is 0. The average molecular weight is 246 g/mol. The van der Waals surface area contributed by atoms with Gasteiger partial charge in [-0.1, -0.05) is 37.3 Å². The third-order valence-corrected chi connectivity index (χ3v) is 3.70. The van der Waals surface area contributed by atoms with E-state index < -0.39 is 0 Å². The Labute approximate surface area is 111 Å². The second kappa shape index (κ2) is 7.55. The van der Waals surface area contributed by atoms with Crippen molar-refractivity contribution >= 4 is 0 Å². The molecule has 0 spiro atoms. The lowest BCUT2D eigenvalue weighted by Gasteiger charge is -2.30. The number of nitrogens with one attached hydrogen (secondary N) is 1. The van der Waals surface area contributed by atoms with Crippen LogP contribution in [-0.2, 0) is 6.54 Å². The Morgan fingerprint density at radius 1 is 1.28 bits per heavy atom. The van der Waals surface area contributed by atoms with Gasteiger partial charge in [-0.25, -0.2) is 0 Å². The van der Waals surface area contributed by atoms with Gasteiger partial charge in [-0.05, 0) is 50.4 Å². The molecule has 0 bridgehead atoms. The van der Waals surface area contributed by atoms with E-state index in [1.165, 1.54) is 51.0 Å². The zero-order valence-electron chi connectivity index (χ0n) is 11.6. The number of rotatable bonds is 6. The number of benzene rings is 1. The first-order chi connectivity index (χ1) is 8.88. The smallest absolute Gasteiger partial charge is 0.0233 e. The van der Waals surface area contributed by atoms with E-state index >= 15 is 0 Å². The second-order valence-electron chi connectivity index (χ2n) is 5.43. The van der Waals surface area contributed by atoms with Crippen molar-refractivity contribution in [3.05, 3.63) is 35.9 Å². The SMILES string of the molecule is CCCN(Cc1ccccc1)C[C@@H]1CCCNC1. The zero-order chi connectivity index (χ0) is 12.6. The third-order valence-electron chi connectivity index (χ3n) is 3.70. The molecule has 2 nitrogen and oxygen atoms in total. The maximum Gasteiger partial charge on any atom is 0.0233 e. The van der Waals surface area contributed by atoms with Gasteiger partial charge in [0, 0.05) is 13.1 Å². The average Bonchev–Trinajstić information content (AvgIpc) is 2.41. The number of piperidine rings is 1. The molecule has 0 aromatic heterocycles. The van der Waals surface area contributed by atoms with E-state index in [9.17, 15) is 0 Å². The lowest BCUT2D eigenvalue weighted by atomic mass is 9.98. The van der Waals surface area contributed by atoms with Crippen molar-refractivity contribution in [3.63, 3.8) is 0 Å². The molecule has 1 N–H and O–H groups in total. The fourth-order valence-electron chi connectivity index (χ4n) is 2.84. The van der Waals surface area contributed by atoms with Crippen LogP contribution in [-0.4, -0.2) is 31.1 Å². The lowest BCUT2D eigenvalue weighted by molar-refractivity contribution is 0.201. The molecule has 1 heterocycles. The van der Waals surface area contributed by atoms with Crippen molar-refractivity contribution in [1.29, 1.82) is 0 Å². The minimum atomic E-state index is 0.842. The van der Waals surface area contributed by atoms with Crippen LogP contribution in [0.3, 0.4) is 0 Å². The molecule has 0 aliphatic carbocycles. The fourth-order valence-corrected chi connectivity index (χ4v) is 2.84. The highest BCUT2D eigenvalue weighted by Crippen LogP contribution is 2.14. The van der Waals surface area contributed by atoms with E-state index in [4.69, 9.17) is 0 Å². The van der Waals surface area contributed by atoms with Gasteiger partial charge in [-0.2, -0.15) is 0 Å². The van der Waals surface area contributed by atoms with E-state index in [1.807, 2.05) is 0 Å². The highest BCUT2D eigenvalue weighted by molar-refractivity contribution is 5.14. The molecule has 1 atom stereocenters. The first-order valence-electron chi connectivity index (χ1n) is 7.35. The second-order valence-corrected chi connectivity index (χ2v) is 5.43. The van der Waals surface area contributed by atoms with Crippen LogP contribution >= 0.6 is 0 Å². The minimum Gasteiger partial charge on any atom is -0.316 e. The summed E-state index contributed by atoms with van der Waals surface area (Å²) < 4.78 is 0. The molecular weight excluding hydrogens is 220 g/mol. The maximum absolute atomic E-state index is 3.52. The van der Waals surface area contributed by atoms with Gasteiger partial charge in [0.1, 0.15) is 0 Å². The van der Waals surface area contributed by atoms with Crippen LogP contribution < -0.4 is 5.32 Å². The molecule has 0 amide bonds. The molecule has 0 saturated carbocycles. The van der Waals surface area contributed by atoms with Gasteiger partial charge >= 0.3 is 0 Å². The molecule has 1 aliphatic heterocycles. The van der Waals surface area contributed by atoms with Crippen LogP contribution in [0, 0.1) is 5.92 Å². The van der Waals surface area contributed by atoms with E-state index in [2.05, 4.69) is 47.5 Å². The van der Waals surface area contributed by atoms with Gasteiger partial charge in [0.15, 0.2) is 0 Å². The molecule has 100 valence electrons. The fraction of sp³-hybridized carbons (Fsp3) is 0.625. The van der Waals surface area contributed by atoms with E-state index in [0.717, 1.165) is 12.5 Å². The van der Waals surface area contributed by atoms with Gasteiger partial charge < -0.3 is 5.32 Å². The van der Waals surface area contributed by atoms with Crippen molar-refractivity contribution in [3.8, 4) is 0 Å². The largest absolute Gasteiger partial charge is 0.316 e. The third kappa shape index (κ3) is 4.43. The zero-order valence-corrected chi connectivity index (χ0v) is 11.6. The summed E-state index contributed by atoms with van der Waals surface area (Å²) in [5, 5.41) is 3.52. The normalized spacial score (nSPS) is 20.2. The van der Waals surface area contributed by atoms with E-state index in [1.54, 1.807) is 0 Å². The lowest BCUT2D eigenvalue weighted by Crippen LogP contribution is -2.38. The molecule has 1 aromatic rings. The van der Waals surface area contributed by atoms with Gasteiger partial charge in [0.05, 0.1) is 0 Å². The van der Waals surface area contributed by atoms with Gasteiger partial charge in [-0.3, -0.25) is 4.90 Å². The monoisotopic (exact) mass is 246 g/mol. The molecule has 18 heavy (non-hydrogen) atoms. The van der Waals surface area contributed by atoms with Crippen molar-refractivity contribution in [2.45, 2.75) is 32.7 Å². The summed E-state index contributed by atoms with van der Waals surface area (Å²) in [6.45, 7) is 8.25. The predicted molar refractivity (Wildman–Crippen MR) is 77.6 cm³/mol. The Kier molecular flexibility index (Phi) is 5.69. The molecule has 0 unspecified atom stereocenters. The topological polar surface area (TPSA) is 15.3 Å².